The number of methoxy groups -OCH3 is 2. The molecule has 9 heteroatoms. The number of nitrogens with zero attached hydrogens (tertiary/aromatic N) is 1. The lowest BCUT2D eigenvalue weighted by atomic mass is 9.85. The van der Waals surface area contributed by atoms with Gasteiger partial charge in [0.1, 0.15) is 18.1 Å². The highest BCUT2D eigenvalue weighted by molar-refractivity contribution is 5.61. The Kier molecular flexibility index (Phi) is 13.7. The summed E-state index contributed by atoms with van der Waals surface area (Å²) in [7, 11) is 3.46. The number of ether oxygens (including phenoxy) is 6. The molecule has 1 unspecified atom stereocenters. The van der Waals surface area contributed by atoms with Crippen molar-refractivity contribution in [3.63, 3.8) is 0 Å². The maximum Gasteiger partial charge on any atom is 0.142 e. The fourth-order valence-electron chi connectivity index (χ4n) is 5.54. The number of rotatable bonds is 18. The molecule has 2 heterocycles. The number of hydrogen-bond donors (Lipinski definition) is 2. The maximum absolute atomic E-state index is 10.2. The van der Waals surface area contributed by atoms with Gasteiger partial charge in [0.15, 0.2) is 0 Å². The summed E-state index contributed by atoms with van der Waals surface area (Å²) in [6.45, 7) is 8.81. The first kappa shape index (κ1) is 32.5. The van der Waals surface area contributed by atoms with Gasteiger partial charge in [-0.15, -0.1) is 0 Å². The molecule has 42 heavy (non-hydrogen) atoms. The van der Waals surface area contributed by atoms with E-state index in [1.807, 2.05) is 19.1 Å². The fourth-order valence-corrected chi connectivity index (χ4v) is 5.54. The zero-order valence-corrected chi connectivity index (χ0v) is 25.6. The van der Waals surface area contributed by atoms with Crippen LogP contribution in [0.15, 0.2) is 42.5 Å². The summed E-state index contributed by atoms with van der Waals surface area (Å²) < 4.78 is 35.2. The van der Waals surface area contributed by atoms with Crippen LogP contribution in [0.1, 0.15) is 49.7 Å². The van der Waals surface area contributed by atoms with Crippen molar-refractivity contribution in [2.45, 2.75) is 63.4 Å². The third kappa shape index (κ3) is 9.56. The lowest BCUT2D eigenvalue weighted by molar-refractivity contribution is -0.0777. The van der Waals surface area contributed by atoms with E-state index in [1.54, 1.807) is 14.2 Å². The first-order chi connectivity index (χ1) is 20.6. The van der Waals surface area contributed by atoms with Gasteiger partial charge in [-0.1, -0.05) is 25.1 Å². The average molecular weight is 587 g/mol. The van der Waals surface area contributed by atoms with Crippen LogP contribution in [0.25, 0.3) is 0 Å². The summed E-state index contributed by atoms with van der Waals surface area (Å²) in [5.41, 5.74) is 3.37. The normalized spacial score (nSPS) is 21.0. The number of hydrogen-bond acceptors (Lipinski definition) is 9. The molecule has 4 rings (SSSR count). The standard InChI is InChI=1S/C33H50N2O7/c1-4-27(36)24-42-32-22-34-21-31(33(32)26-9-11-28(12-10-26)39-18-6-5-16-37-2)41-23-25-8-13-30-29(20-25)35(15-19-40-30)14-7-17-38-3/h8-13,20,27,31-34,36H,4-7,14-19,21-24H2,1-3H3/t27?,31-,32+,33+/m0/s1. The van der Waals surface area contributed by atoms with E-state index < -0.39 is 6.10 Å². The second-order valence-electron chi connectivity index (χ2n) is 11.1. The van der Waals surface area contributed by atoms with Gasteiger partial charge in [-0.25, -0.2) is 0 Å². The lowest BCUT2D eigenvalue weighted by Gasteiger charge is -2.39. The van der Waals surface area contributed by atoms with E-state index in [9.17, 15) is 5.11 Å². The maximum atomic E-state index is 10.2. The van der Waals surface area contributed by atoms with Crippen molar-refractivity contribution in [1.82, 2.24) is 5.32 Å². The summed E-state index contributed by atoms with van der Waals surface area (Å²) in [5, 5.41) is 13.7. The molecule has 4 atom stereocenters. The predicted molar refractivity (Wildman–Crippen MR) is 164 cm³/mol. The largest absolute Gasteiger partial charge is 0.494 e. The third-order valence-electron chi connectivity index (χ3n) is 7.97. The summed E-state index contributed by atoms with van der Waals surface area (Å²) in [6.07, 6.45) is 2.85. The van der Waals surface area contributed by atoms with E-state index in [0.717, 1.165) is 80.4 Å². The molecule has 0 amide bonds. The van der Waals surface area contributed by atoms with Crippen LogP contribution < -0.4 is 19.7 Å². The second-order valence-corrected chi connectivity index (χ2v) is 11.1. The molecule has 0 saturated carbocycles. The smallest absolute Gasteiger partial charge is 0.142 e. The van der Waals surface area contributed by atoms with Gasteiger partial charge in [-0.05, 0) is 61.1 Å². The molecule has 1 saturated heterocycles. The van der Waals surface area contributed by atoms with Gasteiger partial charge in [0.2, 0.25) is 0 Å². The van der Waals surface area contributed by atoms with Crippen LogP contribution in [0.2, 0.25) is 0 Å². The van der Waals surface area contributed by atoms with Gasteiger partial charge in [0.05, 0.1) is 50.4 Å². The summed E-state index contributed by atoms with van der Waals surface area (Å²) >= 11 is 0. The SMILES string of the molecule is CCC(O)CO[C@@H]1CNC[C@H](OCc2ccc3c(c2)N(CCCOC)CCO3)[C@H]1c1ccc(OCCCCOC)cc1. The van der Waals surface area contributed by atoms with Gasteiger partial charge in [-0.3, -0.25) is 0 Å². The fraction of sp³-hybridized carbons (Fsp3) is 0.636. The predicted octanol–water partition coefficient (Wildman–Crippen LogP) is 4.16. The van der Waals surface area contributed by atoms with Gasteiger partial charge in [0, 0.05) is 53.0 Å². The van der Waals surface area contributed by atoms with Crippen molar-refractivity contribution in [3.8, 4) is 11.5 Å². The number of aliphatic hydroxyl groups excluding tert-OH is 1. The van der Waals surface area contributed by atoms with E-state index in [2.05, 4.69) is 40.5 Å². The van der Waals surface area contributed by atoms with Crippen molar-refractivity contribution in [3.05, 3.63) is 53.6 Å². The van der Waals surface area contributed by atoms with Gasteiger partial charge >= 0.3 is 0 Å². The molecule has 234 valence electrons. The molecule has 2 aliphatic heterocycles. The lowest BCUT2D eigenvalue weighted by Crippen LogP contribution is -2.51. The Hall–Kier alpha value is -2.40. The molecule has 2 N–H and O–H groups in total. The molecule has 2 aromatic rings. The molecule has 0 bridgehead atoms. The molecule has 1 fully saturated rings. The Morgan fingerprint density at radius 1 is 0.952 bits per heavy atom. The van der Waals surface area contributed by atoms with Crippen LogP contribution >= 0.6 is 0 Å². The van der Waals surface area contributed by atoms with Crippen LogP contribution in [0.3, 0.4) is 0 Å². The molecule has 0 aromatic heterocycles. The van der Waals surface area contributed by atoms with Gasteiger partial charge < -0.3 is 43.7 Å². The Morgan fingerprint density at radius 3 is 2.45 bits per heavy atom. The van der Waals surface area contributed by atoms with Crippen LogP contribution in [-0.2, 0) is 25.6 Å². The summed E-state index contributed by atoms with van der Waals surface area (Å²) in [6, 6.07) is 14.6. The zero-order chi connectivity index (χ0) is 29.6. The second kappa shape index (κ2) is 17.7. The molecule has 0 aliphatic carbocycles. The Bertz CT molecular complexity index is 1040. The minimum Gasteiger partial charge on any atom is -0.494 e. The number of nitrogens with one attached hydrogen (secondary N) is 1. The first-order valence-corrected chi connectivity index (χ1v) is 15.5. The van der Waals surface area contributed by atoms with Crippen molar-refractivity contribution in [2.24, 2.45) is 0 Å². The molecule has 2 aromatic carbocycles. The quantitative estimate of drug-likeness (QED) is 0.250. The number of fused-ring (bicyclic) bond motifs is 1. The Labute approximate surface area is 251 Å². The summed E-state index contributed by atoms with van der Waals surface area (Å²) in [4.78, 5) is 2.37. The van der Waals surface area contributed by atoms with Crippen LogP contribution in [0.4, 0.5) is 5.69 Å². The minimum absolute atomic E-state index is 0.0116. The monoisotopic (exact) mass is 586 g/mol. The number of aliphatic hydroxyl groups is 1. The average Bonchev–Trinajstić information content (AvgIpc) is 3.03. The molecule has 2 aliphatic rings. The van der Waals surface area contributed by atoms with Crippen LogP contribution in [-0.4, -0.2) is 96.9 Å². The van der Waals surface area contributed by atoms with E-state index in [4.69, 9.17) is 28.4 Å². The van der Waals surface area contributed by atoms with Crippen molar-refractivity contribution in [2.75, 3.05) is 78.3 Å². The minimum atomic E-state index is -0.481. The van der Waals surface area contributed by atoms with Crippen LogP contribution in [0, 0.1) is 0 Å². The third-order valence-corrected chi connectivity index (χ3v) is 7.97. The highest BCUT2D eigenvalue weighted by Gasteiger charge is 2.36. The number of piperidine rings is 1. The Morgan fingerprint density at radius 2 is 1.69 bits per heavy atom. The highest BCUT2D eigenvalue weighted by atomic mass is 16.5. The van der Waals surface area contributed by atoms with Crippen molar-refractivity contribution in [1.29, 1.82) is 0 Å². The van der Waals surface area contributed by atoms with Gasteiger partial charge in [0.25, 0.3) is 0 Å². The summed E-state index contributed by atoms with van der Waals surface area (Å²) in [5.74, 6) is 1.79. The van der Waals surface area contributed by atoms with E-state index in [-0.39, 0.29) is 18.1 Å². The molecule has 9 nitrogen and oxygen atoms in total. The molecule has 0 radical (unpaired) electrons. The topological polar surface area (TPSA) is 90.9 Å². The first-order valence-electron chi connectivity index (χ1n) is 15.5. The molecular formula is C33H50N2O7. The zero-order valence-electron chi connectivity index (χ0n) is 25.6. The van der Waals surface area contributed by atoms with E-state index in [1.165, 1.54) is 0 Å². The van der Waals surface area contributed by atoms with Crippen LogP contribution in [0.5, 0.6) is 11.5 Å². The highest BCUT2D eigenvalue weighted by Crippen LogP contribution is 2.35. The van der Waals surface area contributed by atoms with E-state index >= 15 is 0 Å². The number of unbranched alkanes of at least 4 members (excludes halogenated alkanes) is 1. The van der Waals surface area contributed by atoms with Crippen molar-refractivity contribution < 1.29 is 33.5 Å². The van der Waals surface area contributed by atoms with E-state index in [0.29, 0.717) is 39.4 Å². The number of anilines is 1. The molecular weight excluding hydrogens is 536 g/mol. The Balaban J connectivity index is 1.44. The van der Waals surface area contributed by atoms with Crippen molar-refractivity contribution >= 4 is 5.69 Å². The number of benzene rings is 2. The van der Waals surface area contributed by atoms with Gasteiger partial charge in [-0.2, -0.15) is 0 Å². The molecule has 0 spiro atoms.